The van der Waals surface area contributed by atoms with Crippen LogP contribution in [-0.2, 0) is 4.79 Å². The van der Waals surface area contributed by atoms with Crippen LogP contribution in [0.4, 0.5) is 0 Å². The molecule has 2 aromatic heterocycles. The number of aromatic nitrogens is 1. The molecule has 8 heteroatoms. The summed E-state index contributed by atoms with van der Waals surface area (Å²) in [7, 11) is 0. The Morgan fingerprint density at radius 3 is 2.59 bits per heavy atom. The zero-order chi connectivity index (χ0) is 22.5. The molecule has 1 aliphatic carbocycles. The monoisotopic (exact) mass is 495 g/mol. The maximum atomic E-state index is 12.9. The average molecular weight is 497 g/mol. The molecule has 4 rings (SSSR count). The number of rotatable bonds is 7. The van der Waals surface area contributed by atoms with E-state index in [0.29, 0.717) is 12.5 Å². The smallest absolute Gasteiger partial charge is 0.261 e. The van der Waals surface area contributed by atoms with Gasteiger partial charge >= 0.3 is 0 Å². The number of likely N-dealkylation sites (tertiary alicyclic amines) is 1. The molecule has 2 amide bonds. The number of hydrogen-bond acceptors (Lipinski definition) is 4. The quantitative estimate of drug-likeness (QED) is 0.410. The molecule has 3 heterocycles. The lowest BCUT2D eigenvalue weighted by Gasteiger charge is -2.36. The molecule has 174 valence electrons. The number of fused-ring (bicyclic) bond motifs is 1. The minimum Gasteiger partial charge on any atom is -0.351 e. The standard InChI is InChI=1S/C24H31Cl2N3O2S/c25-19-11-18(12-20(26)14-19)24(31)29-9-5-16(6-10-29)3-1-2-7-28-23(30)21-13-17-4-8-27-15-22(17)32-21/h4,8,13,15-16,18-20H,1-3,5-7,9-12,14H2,(H,28,30). The normalized spacial score (nSPS) is 24.6. The zero-order valence-electron chi connectivity index (χ0n) is 18.3. The summed E-state index contributed by atoms with van der Waals surface area (Å²) in [6, 6.07) is 3.86. The van der Waals surface area contributed by atoms with Gasteiger partial charge in [0.05, 0.1) is 9.58 Å². The number of nitrogens with zero attached hydrogens (tertiary/aromatic N) is 2. The lowest BCUT2D eigenvalue weighted by molar-refractivity contribution is -0.137. The number of alkyl halides is 2. The Labute approximate surface area is 203 Å². The molecule has 2 aliphatic rings. The van der Waals surface area contributed by atoms with Gasteiger partial charge in [-0.2, -0.15) is 0 Å². The summed E-state index contributed by atoms with van der Waals surface area (Å²) >= 11 is 14.1. The van der Waals surface area contributed by atoms with Crippen molar-refractivity contribution in [2.24, 2.45) is 11.8 Å². The lowest BCUT2D eigenvalue weighted by Crippen LogP contribution is -2.44. The van der Waals surface area contributed by atoms with E-state index in [0.717, 1.165) is 79.4 Å². The first-order valence-electron chi connectivity index (χ1n) is 11.7. The first-order chi connectivity index (χ1) is 15.5. The van der Waals surface area contributed by atoms with E-state index in [1.54, 1.807) is 12.4 Å². The van der Waals surface area contributed by atoms with Crippen molar-refractivity contribution in [2.75, 3.05) is 19.6 Å². The van der Waals surface area contributed by atoms with Crippen LogP contribution in [0.2, 0.25) is 0 Å². The van der Waals surface area contributed by atoms with Crippen LogP contribution < -0.4 is 5.32 Å². The van der Waals surface area contributed by atoms with Gasteiger partial charge in [-0.1, -0.05) is 12.8 Å². The molecule has 1 saturated carbocycles. The molecule has 1 N–H and O–H groups in total. The highest BCUT2D eigenvalue weighted by Gasteiger charge is 2.34. The van der Waals surface area contributed by atoms with Crippen molar-refractivity contribution >= 4 is 56.4 Å². The van der Waals surface area contributed by atoms with Crippen LogP contribution in [0.15, 0.2) is 24.5 Å². The predicted molar refractivity (Wildman–Crippen MR) is 132 cm³/mol. The molecule has 2 unspecified atom stereocenters. The first kappa shape index (κ1) is 23.8. The summed E-state index contributed by atoms with van der Waals surface area (Å²) in [6.07, 6.45) is 11.2. The van der Waals surface area contributed by atoms with Crippen molar-refractivity contribution < 1.29 is 9.59 Å². The van der Waals surface area contributed by atoms with Gasteiger partial charge in [0.25, 0.3) is 5.91 Å². The Kier molecular flexibility index (Phi) is 8.30. The van der Waals surface area contributed by atoms with Gasteiger partial charge in [-0.3, -0.25) is 14.6 Å². The van der Waals surface area contributed by atoms with Crippen LogP contribution in [-0.4, -0.2) is 52.1 Å². The molecular formula is C24H31Cl2N3O2S. The van der Waals surface area contributed by atoms with Crippen molar-refractivity contribution in [1.29, 1.82) is 0 Å². The summed E-state index contributed by atoms with van der Waals surface area (Å²) in [6.45, 7) is 2.39. The van der Waals surface area contributed by atoms with Crippen molar-refractivity contribution in [3.05, 3.63) is 29.4 Å². The fraction of sp³-hybridized carbons (Fsp3) is 0.625. The number of carbonyl (C=O) groups excluding carboxylic acids is 2. The minimum absolute atomic E-state index is 0.000830. The maximum Gasteiger partial charge on any atom is 0.261 e. The van der Waals surface area contributed by atoms with Crippen molar-refractivity contribution in [1.82, 2.24) is 15.2 Å². The Morgan fingerprint density at radius 1 is 1.12 bits per heavy atom. The number of hydrogen-bond donors (Lipinski definition) is 1. The van der Waals surface area contributed by atoms with Crippen LogP contribution in [0.25, 0.3) is 10.1 Å². The van der Waals surface area contributed by atoms with E-state index < -0.39 is 0 Å². The Morgan fingerprint density at radius 2 is 1.88 bits per heavy atom. The molecule has 0 bridgehead atoms. The molecule has 2 atom stereocenters. The molecule has 32 heavy (non-hydrogen) atoms. The van der Waals surface area contributed by atoms with Gasteiger partial charge in [-0.15, -0.1) is 34.5 Å². The molecule has 2 fully saturated rings. The fourth-order valence-electron chi connectivity index (χ4n) is 4.93. The molecule has 0 aromatic carbocycles. The average Bonchev–Trinajstić information content (AvgIpc) is 3.22. The first-order valence-corrected chi connectivity index (χ1v) is 13.4. The van der Waals surface area contributed by atoms with E-state index in [1.807, 2.05) is 17.0 Å². The van der Waals surface area contributed by atoms with Crippen LogP contribution >= 0.6 is 34.5 Å². The summed E-state index contributed by atoms with van der Waals surface area (Å²) in [5, 5.41) is 4.15. The van der Waals surface area contributed by atoms with E-state index in [-0.39, 0.29) is 28.5 Å². The number of carbonyl (C=O) groups is 2. The third kappa shape index (κ3) is 6.15. The molecule has 0 spiro atoms. The molecule has 1 aliphatic heterocycles. The Bertz CT molecular complexity index is 886. The number of unbranched alkanes of at least 4 members (excludes halogenated alkanes) is 1. The van der Waals surface area contributed by atoms with Crippen LogP contribution in [0, 0.1) is 11.8 Å². The minimum atomic E-state index is -0.00823. The van der Waals surface area contributed by atoms with E-state index in [9.17, 15) is 9.59 Å². The molecule has 5 nitrogen and oxygen atoms in total. The number of piperidine rings is 1. The van der Waals surface area contributed by atoms with Crippen LogP contribution in [0.5, 0.6) is 0 Å². The number of nitrogens with one attached hydrogen (secondary N) is 1. The second-order valence-electron chi connectivity index (χ2n) is 9.14. The Balaban J connectivity index is 1.11. The van der Waals surface area contributed by atoms with Crippen molar-refractivity contribution in [2.45, 2.75) is 62.1 Å². The highest BCUT2D eigenvalue weighted by atomic mass is 35.5. The number of pyridine rings is 1. The predicted octanol–water partition coefficient (Wildman–Crippen LogP) is 5.45. The second-order valence-corrected chi connectivity index (χ2v) is 11.5. The molecular weight excluding hydrogens is 465 g/mol. The van der Waals surface area contributed by atoms with Crippen LogP contribution in [0.1, 0.15) is 61.0 Å². The maximum absolute atomic E-state index is 12.9. The van der Waals surface area contributed by atoms with Crippen molar-refractivity contribution in [3.8, 4) is 0 Å². The highest BCUT2D eigenvalue weighted by molar-refractivity contribution is 7.20. The Hall–Kier alpha value is -1.37. The van der Waals surface area contributed by atoms with Gasteiger partial charge < -0.3 is 10.2 Å². The SMILES string of the molecule is O=C(NCCCCC1CCN(C(=O)C2CC(Cl)CC(Cl)C2)CC1)c1cc2ccncc2s1. The fourth-order valence-corrected chi connectivity index (χ4v) is 6.83. The van der Waals surface area contributed by atoms with Crippen molar-refractivity contribution in [3.63, 3.8) is 0 Å². The second kappa shape index (κ2) is 11.2. The summed E-state index contributed by atoms with van der Waals surface area (Å²) < 4.78 is 1.04. The number of amides is 2. The molecule has 1 saturated heterocycles. The highest BCUT2D eigenvalue weighted by Crippen LogP contribution is 2.33. The number of thiophene rings is 1. The van der Waals surface area contributed by atoms with E-state index >= 15 is 0 Å². The largest absolute Gasteiger partial charge is 0.351 e. The van der Waals surface area contributed by atoms with Gasteiger partial charge in [0, 0.05) is 48.7 Å². The van der Waals surface area contributed by atoms with Gasteiger partial charge in [0.1, 0.15) is 0 Å². The lowest BCUT2D eigenvalue weighted by atomic mass is 9.86. The van der Waals surface area contributed by atoms with E-state index in [2.05, 4.69) is 10.3 Å². The van der Waals surface area contributed by atoms with Gasteiger partial charge in [0.15, 0.2) is 0 Å². The molecule has 2 aromatic rings. The summed E-state index contributed by atoms with van der Waals surface area (Å²) in [5.41, 5.74) is 0. The zero-order valence-corrected chi connectivity index (χ0v) is 20.6. The van der Waals surface area contributed by atoms with E-state index in [1.165, 1.54) is 11.3 Å². The van der Waals surface area contributed by atoms with E-state index in [4.69, 9.17) is 23.2 Å². The van der Waals surface area contributed by atoms with Gasteiger partial charge in [-0.25, -0.2) is 0 Å². The topological polar surface area (TPSA) is 62.3 Å². The molecule has 0 radical (unpaired) electrons. The third-order valence-corrected chi connectivity index (χ3v) is 8.54. The summed E-state index contributed by atoms with van der Waals surface area (Å²) in [5.74, 6) is 0.905. The van der Waals surface area contributed by atoms with Crippen LogP contribution in [0.3, 0.4) is 0 Å². The third-order valence-electron chi connectivity index (χ3n) is 6.74. The number of halogens is 2. The van der Waals surface area contributed by atoms with Gasteiger partial charge in [0.2, 0.25) is 5.91 Å². The summed E-state index contributed by atoms with van der Waals surface area (Å²) in [4.78, 5) is 32.1. The van der Waals surface area contributed by atoms with Gasteiger partial charge in [-0.05, 0) is 62.0 Å².